The van der Waals surface area contributed by atoms with Crippen LogP contribution < -0.4 is 19.5 Å². The minimum atomic E-state index is -1.05. The minimum Gasteiger partial charge on any atom is -0.497 e. The predicted molar refractivity (Wildman–Crippen MR) is 84.6 cm³/mol. The summed E-state index contributed by atoms with van der Waals surface area (Å²) in [7, 11) is 2.97. The summed E-state index contributed by atoms with van der Waals surface area (Å²) in [6.45, 7) is 1.49. The average molecular weight is 337 g/mol. The number of benzene rings is 2. The molecule has 1 unspecified atom stereocenters. The van der Waals surface area contributed by atoms with E-state index in [0.717, 1.165) is 12.1 Å². The third kappa shape index (κ3) is 4.13. The highest BCUT2D eigenvalue weighted by molar-refractivity contribution is 5.95. The second-order valence-corrected chi connectivity index (χ2v) is 4.89. The van der Waals surface area contributed by atoms with Crippen LogP contribution >= 0.6 is 0 Å². The predicted octanol–water partition coefficient (Wildman–Crippen LogP) is 3.39. The van der Waals surface area contributed by atoms with Crippen molar-refractivity contribution in [2.45, 2.75) is 13.0 Å². The molecule has 0 aliphatic carbocycles. The Balaban J connectivity index is 2.09. The van der Waals surface area contributed by atoms with Crippen molar-refractivity contribution in [2.75, 3.05) is 19.5 Å². The molecule has 0 aliphatic heterocycles. The van der Waals surface area contributed by atoms with E-state index in [4.69, 9.17) is 14.2 Å². The van der Waals surface area contributed by atoms with Crippen LogP contribution in [0.4, 0.5) is 14.5 Å². The minimum absolute atomic E-state index is 0.0501. The zero-order chi connectivity index (χ0) is 17.7. The van der Waals surface area contributed by atoms with E-state index in [2.05, 4.69) is 5.32 Å². The zero-order valence-electron chi connectivity index (χ0n) is 13.4. The summed E-state index contributed by atoms with van der Waals surface area (Å²) in [4.78, 5) is 12.2. The molecule has 1 atom stereocenters. The lowest BCUT2D eigenvalue weighted by molar-refractivity contribution is -0.122. The normalized spacial score (nSPS) is 11.5. The smallest absolute Gasteiger partial charge is 0.265 e. The van der Waals surface area contributed by atoms with Crippen molar-refractivity contribution in [3.63, 3.8) is 0 Å². The van der Waals surface area contributed by atoms with Crippen molar-refractivity contribution in [1.82, 2.24) is 0 Å². The van der Waals surface area contributed by atoms with E-state index < -0.39 is 23.6 Å². The monoisotopic (exact) mass is 337 g/mol. The fourth-order valence-corrected chi connectivity index (χ4v) is 1.95. The van der Waals surface area contributed by atoms with E-state index in [1.54, 1.807) is 18.2 Å². The molecule has 1 amide bonds. The molecule has 7 heteroatoms. The second kappa shape index (κ2) is 7.63. The molecule has 1 N–H and O–H groups in total. The van der Waals surface area contributed by atoms with Gasteiger partial charge in [-0.1, -0.05) is 0 Å². The molecule has 0 aliphatic rings. The standard InChI is InChI=1S/C17H17F2NO4/c1-10(24-12-4-6-13(18)14(19)8-12)17(21)20-15-9-11(22-2)5-7-16(15)23-3/h4-10H,1-3H3,(H,20,21). The van der Waals surface area contributed by atoms with Gasteiger partial charge in [0.05, 0.1) is 19.9 Å². The molecule has 0 saturated heterocycles. The van der Waals surface area contributed by atoms with Gasteiger partial charge in [0.25, 0.3) is 5.91 Å². The van der Waals surface area contributed by atoms with Crippen molar-refractivity contribution >= 4 is 11.6 Å². The number of carbonyl (C=O) groups is 1. The number of nitrogens with one attached hydrogen (secondary N) is 1. The van der Waals surface area contributed by atoms with Gasteiger partial charge in [-0.3, -0.25) is 4.79 Å². The fourth-order valence-electron chi connectivity index (χ4n) is 1.95. The summed E-state index contributed by atoms with van der Waals surface area (Å²) in [6, 6.07) is 7.99. The maximum atomic E-state index is 13.2. The largest absolute Gasteiger partial charge is 0.497 e. The quantitative estimate of drug-likeness (QED) is 0.878. The van der Waals surface area contributed by atoms with E-state index >= 15 is 0 Å². The Hall–Kier alpha value is -2.83. The maximum Gasteiger partial charge on any atom is 0.265 e. The third-order valence-electron chi connectivity index (χ3n) is 3.24. The van der Waals surface area contributed by atoms with Crippen LogP contribution in [0.15, 0.2) is 36.4 Å². The van der Waals surface area contributed by atoms with E-state index in [-0.39, 0.29) is 5.75 Å². The Morgan fingerprint density at radius 1 is 1.00 bits per heavy atom. The maximum absolute atomic E-state index is 13.2. The third-order valence-corrected chi connectivity index (χ3v) is 3.24. The summed E-state index contributed by atoms with van der Waals surface area (Å²) in [5.74, 6) is -1.47. The molecule has 2 rings (SSSR count). The molecule has 0 radical (unpaired) electrons. The van der Waals surface area contributed by atoms with Crippen molar-refractivity contribution in [3.05, 3.63) is 48.0 Å². The van der Waals surface area contributed by atoms with E-state index in [1.807, 2.05) is 0 Å². The molecule has 0 heterocycles. The van der Waals surface area contributed by atoms with Gasteiger partial charge in [-0.05, 0) is 31.2 Å². The molecule has 2 aromatic carbocycles. The van der Waals surface area contributed by atoms with Crippen molar-refractivity contribution in [2.24, 2.45) is 0 Å². The lowest BCUT2D eigenvalue weighted by Gasteiger charge is -2.16. The summed E-state index contributed by atoms with van der Waals surface area (Å²) in [5, 5.41) is 2.65. The van der Waals surface area contributed by atoms with Gasteiger partial charge in [-0.15, -0.1) is 0 Å². The van der Waals surface area contributed by atoms with E-state index in [1.165, 1.54) is 27.2 Å². The van der Waals surface area contributed by atoms with Gasteiger partial charge in [-0.25, -0.2) is 8.78 Å². The molecule has 0 fully saturated rings. The number of methoxy groups -OCH3 is 2. The number of hydrogen-bond acceptors (Lipinski definition) is 4. The topological polar surface area (TPSA) is 56.8 Å². The first kappa shape index (κ1) is 17.5. The van der Waals surface area contributed by atoms with Crippen LogP contribution in [0.3, 0.4) is 0 Å². The fraction of sp³-hybridized carbons (Fsp3) is 0.235. The molecule has 24 heavy (non-hydrogen) atoms. The molecule has 128 valence electrons. The van der Waals surface area contributed by atoms with Gasteiger partial charge in [0.2, 0.25) is 0 Å². The Morgan fingerprint density at radius 3 is 2.33 bits per heavy atom. The molecular weight excluding hydrogens is 320 g/mol. The van der Waals surface area contributed by atoms with Crippen LogP contribution in [0.25, 0.3) is 0 Å². The van der Waals surface area contributed by atoms with Crippen LogP contribution in [0.1, 0.15) is 6.92 Å². The highest BCUT2D eigenvalue weighted by Crippen LogP contribution is 2.29. The van der Waals surface area contributed by atoms with Crippen LogP contribution in [0.2, 0.25) is 0 Å². The number of ether oxygens (including phenoxy) is 3. The van der Waals surface area contributed by atoms with Gasteiger partial charge < -0.3 is 19.5 Å². The van der Waals surface area contributed by atoms with E-state index in [0.29, 0.717) is 17.2 Å². The van der Waals surface area contributed by atoms with Crippen LogP contribution in [0, 0.1) is 11.6 Å². The number of carbonyl (C=O) groups excluding carboxylic acids is 1. The van der Waals surface area contributed by atoms with Gasteiger partial charge >= 0.3 is 0 Å². The van der Waals surface area contributed by atoms with Gasteiger partial charge in [0.15, 0.2) is 17.7 Å². The van der Waals surface area contributed by atoms with Crippen molar-refractivity contribution in [1.29, 1.82) is 0 Å². The summed E-state index contributed by atoms with van der Waals surface area (Å²) < 4.78 is 41.7. The molecule has 5 nitrogen and oxygen atoms in total. The number of amides is 1. The molecule has 0 spiro atoms. The summed E-state index contributed by atoms with van der Waals surface area (Å²) in [5.41, 5.74) is 0.405. The highest BCUT2D eigenvalue weighted by atomic mass is 19.2. The zero-order valence-corrected chi connectivity index (χ0v) is 13.4. The van der Waals surface area contributed by atoms with E-state index in [9.17, 15) is 13.6 Å². The van der Waals surface area contributed by atoms with Gasteiger partial charge in [-0.2, -0.15) is 0 Å². The van der Waals surface area contributed by atoms with Gasteiger partial charge in [0, 0.05) is 12.1 Å². The highest BCUT2D eigenvalue weighted by Gasteiger charge is 2.18. The number of rotatable bonds is 6. The molecular formula is C17H17F2NO4. The molecule has 0 aromatic heterocycles. The van der Waals surface area contributed by atoms with Crippen molar-refractivity contribution < 1.29 is 27.8 Å². The Kier molecular flexibility index (Phi) is 5.57. The number of anilines is 1. The van der Waals surface area contributed by atoms with Crippen LogP contribution in [-0.4, -0.2) is 26.2 Å². The first-order chi connectivity index (χ1) is 11.4. The van der Waals surface area contributed by atoms with Crippen LogP contribution in [0.5, 0.6) is 17.2 Å². The summed E-state index contributed by atoms with van der Waals surface area (Å²) >= 11 is 0. The van der Waals surface area contributed by atoms with Crippen molar-refractivity contribution in [3.8, 4) is 17.2 Å². The van der Waals surface area contributed by atoms with Gasteiger partial charge in [0.1, 0.15) is 17.2 Å². The Morgan fingerprint density at radius 2 is 1.71 bits per heavy atom. The summed E-state index contributed by atoms with van der Waals surface area (Å²) in [6.07, 6.45) is -0.939. The number of halogens is 2. The molecule has 0 bridgehead atoms. The SMILES string of the molecule is COc1ccc(OC)c(NC(=O)C(C)Oc2ccc(F)c(F)c2)c1. The molecule has 0 saturated carbocycles. The number of hydrogen-bond donors (Lipinski definition) is 1. The lowest BCUT2D eigenvalue weighted by atomic mass is 10.2. The first-order valence-electron chi connectivity index (χ1n) is 7.09. The Labute approximate surface area is 138 Å². The first-order valence-corrected chi connectivity index (χ1v) is 7.09. The second-order valence-electron chi connectivity index (χ2n) is 4.89. The Bertz CT molecular complexity index is 737. The average Bonchev–Trinajstić information content (AvgIpc) is 2.58. The van der Waals surface area contributed by atoms with Crippen LogP contribution in [-0.2, 0) is 4.79 Å². The molecule has 2 aromatic rings. The lowest BCUT2D eigenvalue weighted by Crippen LogP contribution is -2.30.